The van der Waals surface area contributed by atoms with Crippen molar-refractivity contribution in [1.29, 1.82) is 0 Å². The third-order valence-electron chi connectivity index (χ3n) is 4.57. The van der Waals surface area contributed by atoms with Crippen molar-refractivity contribution in [2.45, 2.75) is 32.1 Å². The standard InChI is InChI=1S/C17H22N4O3S2/c1-4-14-16(25-19-18-14)17(22)20-7-9-21(10-8-20)26(23,24)15-11-12(2)5-6-13(15)3/h5-6,11H,4,7-10H2,1-3H3. The molecule has 0 bridgehead atoms. The van der Waals surface area contributed by atoms with Gasteiger partial charge in [0.2, 0.25) is 10.0 Å². The van der Waals surface area contributed by atoms with Crippen LogP contribution in [-0.4, -0.2) is 59.3 Å². The van der Waals surface area contributed by atoms with E-state index in [9.17, 15) is 13.2 Å². The highest BCUT2D eigenvalue weighted by atomic mass is 32.2. The van der Waals surface area contributed by atoms with E-state index in [-0.39, 0.29) is 19.0 Å². The van der Waals surface area contributed by atoms with Crippen molar-refractivity contribution in [3.63, 3.8) is 0 Å². The van der Waals surface area contributed by atoms with Crippen LogP contribution in [0.2, 0.25) is 0 Å². The average Bonchev–Trinajstić information content (AvgIpc) is 3.12. The Bertz CT molecular complexity index is 916. The highest BCUT2D eigenvalue weighted by Gasteiger charge is 2.32. The Morgan fingerprint density at radius 3 is 2.54 bits per heavy atom. The summed E-state index contributed by atoms with van der Waals surface area (Å²) in [4.78, 5) is 15.2. The van der Waals surface area contributed by atoms with Crippen molar-refractivity contribution in [1.82, 2.24) is 18.8 Å². The Morgan fingerprint density at radius 2 is 1.88 bits per heavy atom. The molecule has 0 N–H and O–H groups in total. The molecule has 26 heavy (non-hydrogen) atoms. The molecule has 2 heterocycles. The Balaban J connectivity index is 1.74. The molecule has 0 saturated carbocycles. The van der Waals surface area contributed by atoms with Gasteiger partial charge in [-0.3, -0.25) is 4.79 Å². The molecule has 0 aliphatic carbocycles. The number of hydrogen-bond donors (Lipinski definition) is 0. The molecule has 1 fully saturated rings. The zero-order valence-corrected chi connectivity index (χ0v) is 16.7. The predicted molar refractivity (Wildman–Crippen MR) is 99.9 cm³/mol. The van der Waals surface area contributed by atoms with Gasteiger partial charge in [0.15, 0.2) is 0 Å². The van der Waals surface area contributed by atoms with Crippen LogP contribution < -0.4 is 0 Å². The van der Waals surface area contributed by atoms with Gasteiger partial charge in [-0.05, 0) is 49.0 Å². The Hall–Kier alpha value is -1.84. The third kappa shape index (κ3) is 3.51. The highest BCUT2D eigenvalue weighted by Crippen LogP contribution is 2.23. The monoisotopic (exact) mass is 394 g/mol. The van der Waals surface area contributed by atoms with Crippen LogP contribution in [0.25, 0.3) is 0 Å². The summed E-state index contributed by atoms with van der Waals surface area (Å²) in [5.74, 6) is -0.111. The number of sulfonamides is 1. The molecule has 1 aliphatic heterocycles. The van der Waals surface area contributed by atoms with Gasteiger partial charge < -0.3 is 4.90 Å². The normalized spacial score (nSPS) is 16.0. The van der Waals surface area contributed by atoms with Crippen LogP contribution in [0.1, 0.15) is 33.4 Å². The van der Waals surface area contributed by atoms with Crippen molar-refractivity contribution in [2.75, 3.05) is 26.2 Å². The molecule has 0 atom stereocenters. The van der Waals surface area contributed by atoms with Crippen LogP contribution in [0.3, 0.4) is 0 Å². The Kier molecular flexibility index (Phi) is 5.40. The second-order valence-electron chi connectivity index (χ2n) is 6.37. The summed E-state index contributed by atoms with van der Waals surface area (Å²) in [5.41, 5.74) is 2.34. The first kappa shape index (κ1) is 18.9. The molecule has 140 valence electrons. The molecule has 3 rings (SSSR count). The van der Waals surface area contributed by atoms with E-state index in [2.05, 4.69) is 9.59 Å². The number of carbonyl (C=O) groups is 1. The van der Waals surface area contributed by atoms with Crippen LogP contribution in [0.15, 0.2) is 23.1 Å². The lowest BCUT2D eigenvalue weighted by Crippen LogP contribution is -2.50. The molecule has 0 spiro atoms. The third-order valence-corrected chi connectivity index (χ3v) is 7.37. The van der Waals surface area contributed by atoms with Gasteiger partial charge in [0.05, 0.1) is 10.6 Å². The van der Waals surface area contributed by atoms with Gasteiger partial charge >= 0.3 is 0 Å². The zero-order valence-electron chi connectivity index (χ0n) is 15.1. The molecule has 1 saturated heterocycles. The van der Waals surface area contributed by atoms with E-state index >= 15 is 0 Å². The number of carbonyl (C=O) groups excluding carboxylic acids is 1. The number of aromatic nitrogens is 2. The van der Waals surface area contributed by atoms with Gasteiger partial charge in [-0.25, -0.2) is 8.42 Å². The maximum absolute atomic E-state index is 13.0. The lowest BCUT2D eigenvalue weighted by Gasteiger charge is -2.34. The zero-order chi connectivity index (χ0) is 18.9. The molecule has 1 aromatic heterocycles. The van der Waals surface area contributed by atoms with Crippen LogP contribution >= 0.6 is 11.5 Å². The molecule has 1 amide bonds. The molecule has 1 aliphatic rings. The van der Waals surface area contributed by atoms with Gasteiger partial charge in [-0.15, -0.1) is 5.10 Å². The summed E-state index contributed by atoms with van der Waals surface area (Å²) < 4.78 is 31.3. The molecule has 2 aromatic rings. The van der Waals surface area contributed by atoms with E-state index in [1.807, 2.05) is 26.0 Å². The fraction of sp³-hybridized carbons (Fsp3) is 0.471. The lowest BCUT2D eigenvalue weighted by atomic mass is 10.2. The van der Waals surface area contributed by atoms with Crippen molar-refractivity contribution in [3.8, 4) is 0 Å². The Labute approximate surface area is 157 Å². The smallest absolute Gasteiger partial charge is 0.267 e. The minimum atomic E-state index is -3.56. The fourth-order valence-corrected chi connectivity index (χ4v) is 5.45. The summed E-state index contributed by atoms with van der Waals surface area (Å²) in [6.45, 7) is 6.92. The summed E-state index contributed by atoms with van der Waals surface area (Å²) >= 11 is 1.10. The fourth-order valence-electron chi connectivity index (χ4n) is 3.00. The van der Waals surface area contributed by atoms with Gasteiger partial charge in [0.1, 0.15) is 4.88 Å². The highest BCUT2D eigenvalue weighted by molar-refractivity contribution is 7.89. The topological polar surface area (TPSA) is 83.5 Å². The number of nitrogens with zero attached hydrogens (tertiary/aromatic N) is 4. The SMILES string of the molecule is CCc1nnsc1C(=O)N1CCN(S(=O)(=O)c2cc(C)ccc2C)CC1. The number of piperazine rings is 1. The van der Waals surface area contributed by atoms with Crippen LogP contribution in [0, 0.1) is 13.8 Å². The number of hydrogen-bond acceptors (Lipinski definition) is 6. The minimum absolute atomic E-state index is 0.111. The maximum Gasteiger partial charge on any atom is 0.267 e. The van der Waals surface area contributed by atoms with Crippen molar-refractivity contribution < 1.29 is 13.2 Å². The number of amides is 1. The van der Waals surface area contributed by atoms with Crippen molar-refractivity contribution in [2.24, 2.45) is 0 Å². The van der Waals surface area contributed by atoms with E-state index in [0.29, 0.717) is 35.0 Å². The molecule has 9 heteroatoms. The van der Waals surface area contributed by atoms with E-state index in [0.717, 1.165) is 22.7 Å². The molecular weight excluding hydrogens is 372 g/mol. The van der Waals surface area contributed by atoms with E-state index in [1.165, 1.54) is 4.31 Å². The summed E-state index contributed by atoms with van der Waals surface area (Å²) in [6, 6.07) is 5.43. The summed E-state index contributed by atoms with van der Waals surface area (Å²) in [7, 11) is -3.56. The van der Waals surface area contributed by atoms with E-state index < -0.39 is 10.0 Å². The first-order valence-electron chi connectivity index (χ1n) is 8.52. The summed E-state index contributed by atoms with van der Waals surface area (Å²) in [5, 5.41) is 3.98. The van der Waals surface area contributed by atoms with Gasteiger partial charge in [0.25, 0.3) is 5.91 Å². The van der Waals surface area contributed by atoms with Crippen molar-refractivity contribution >= 4 is 27.5 Å². The average molecular weight is 395 g/mol. The largest absolute Gasteiger partial charge is 0.335 e. The van der Waals surface area contributed by atoms with Crippen molar-refractivity contribution in [3.05, 3.63) is 39.9 Å². The summed E-state index contributed by atoms with van der Waals surface area (Å²) in [6.07, 6.45) is 0.651. The van der Waals surface area contributed by atoms with E-state index in [4.69, 9.17) is 0 Å². The molecule has 0 radical (unpaired) electrons. The van der Waals surface area contributed by atoms with Gasteiger partial charge in [-0.2, -0.15) is 4.31 Å². The van der Waals surface area contributed by atoms with Crippen LogP contribution in [0.5, 0.6) is 0 Å². The molecule has 0 unspecified atom stereocenters. The lowest BCUT2D eigenvalue weighted by molar-refractivity contribution is 0.0701. The molecular formula is C17H22N4O3S2. The first-order chi connectivity index (χ1) is 12.3. The quantitative estimate of drug-likeness (QED) is 0.790. The van der Waals surface area contributed by atoms with Crippen LogP contribution in [-0.2, 0) is 16.4 Å². The second-order valence-corrected chi connectivity index (χ2v) is 9.03. The number of benzene rings is 1. The minimum Gasteiger partial charge on any atom is -0.335 e. The number of rotatable bonds is 4. The molecule has 1 aromatic carbocycles. The van der Waals surface area contributed by atoms with Crippen LogP contribution in [0.4, 0.5) is 0 Å². The first-order valence-corrected chi connectivity index (χ1v) is 10.7. The van der Waals surface area contributed by atoms with Gasteiger partial charge in [-0.1, -0.05) is 23.5 Å². The van der Waals surface area contributed by atoms with Gasteiger partial charge in [0, 0.05) is 26.2 Å². The second kappa shape index (κ2) is 7.42. The number of aryl methyl sites for hydroxylation is 3. The molecule has 7 nitrogen and oxygen atoms in total. The predicted octanol–water partition coefficient (Wildman–Crippen LogP) is 1.86. The Morgan fingerprint density at radius 1 is 1.19 bits per heavy atom. The maximum atomic E-state index is 13.0. The van der Waals surface area contributed by atoms with E-state index in [1.54, 1.807) is 17.9 Å².